The predicted molar refractivity (Wildman–Crippen MR) is 148 cm³/mol. The van der Waals surface area contributed by atoms with Crippen molar-refractivity contribution in [3.8, 4) is 33.8 Å². The van der Waals surface area contributed by atoms with Crippen LogP contribution in [0.5, 0.6) is 11.5 Å². The fourth-order valence-corrected chi connectivity index (χ4v) is 3.40. The highest BCUT2D eigenvalue weighted by molar-refractivity contribution is 6.16. The molecule has 0 radical (unpaired) electrons. The van der Waals surface area contributed by atoms with Gasteiger partial charge in [0.1, 0.15) is 11.5 Å². The first-order chi connectivity index (χ1) is 18.7. The maximum Gasteiger partial charge on any atom is 0.277 e. The van der Waals surface area contributed by atoms with Crippen molar-refractivity contribution in [2.75, 3.05) is 13.2 Å². The predicted octanol–water partition coefficient (Wildman–Crippen LogP) is 4.68. The number of amides is 2. The molecule has 4 aromatic carbocycles. The van der Waals surface area contributed by atoms with Crippen LogP contribution in [0.3, 0.4) is 0 Å². The summed E-state index contributed by atoms with van der Waals surface area (Å²) in [7, 11) is 0. The van der Waals surface area contributed by atoms with Crippen LogP contribution >= 0.6 is 0 Å². The summed E-state index contributed by atoms with van der Waals surface area (Å²) in [4.78, 5) is 23.8. The lowest BCUT2D eigenvalue weighted by Gasteiger charge is -2.06. The number of nitrogens with one attached hydrogen (secondary N) is 2. The molecule has 0 heterocycles. The van der Waals surface area contributed by atoms with E-state index in [0.29, 0.717) is 11.5 Å². The van der Waals surface area contributed by atoms with E-state index >= 15 is 0 Å². The van der Waals surface area contributed by atoms with Gasteiger partial charge in [-0.15, -0.1) is 0 Å². The molecule has 0 aromatic heterocycles. The van der Waals surface area contributed by atoms with Gasteiger partial charge in [0.15, 0.2) is 13.2 Å². The quantitative estimate of drug-likeness (QED) is 0.228. The number of nitrogens with zero attached hydrogens (tertiary/aromatic N) is 2. The fraction of sp³-hybridized carbons (Fsp3) is 0.0667. The van der Waals surface area contributed by atoms with Gasteiger partial charge in [0, 0.05) is 0 Å². The van der Waals surface area contributed by atoms with Crippen molar-refractivity contribution in [1.29, 1.82) is 0 Å². The molecule has 0 unspecified atom stereocenters. The average molecular weight is 507 g/mol. The van der Waals surface area contributed by atoms with Gasteiger partial charge in [-0.05, 0) is 46.5 Å². The normalized spacial score (nSPS) is 10.8. The minimum absolute atomic E-state index is 0.195. The van der Waals surface area contributed by atoms with Crippen molar-refractivity contribution < 1.29 is 19.1 Å². The Labute approximate surface area is 220 Å². The molecule has 4 rings (SSSR count). The summed E-state index contributed by atoms with van der Waals surface area (Å²) >= 11 is 0. The second-order valence-electron chi connectivity index (χ2n) is 7.98. The fourth-order valence-electron chi connectivity index (χ4n) is 3.40. The molecular weight excluding hydrogens is 480 g/mol. The third-order valence-corrected chi connectivity index (χ3v) is 5.26. The summed E-state index contributed by atoms with van der Waals surface area (Å²) in [6.07, 6.45) is 2.46. The topological polar surface area (TPSA) is 101 Å². The van der Waals surface area contributed by atoms with Gasteiger partial charge < -0.3 is 9.47 Å². The molecule has 8 nitrogen and oxygen atoms in total. The summed E-state index contributed by atoms with van der Waals surface area (Å²) in [5, 5.41) is 7.45. The molecule has 0 aliphatic rings. The molecule has 0 aliphatic carbocycles. The molecule has 38 heavy (non-hydrogen) atoms. The lowest BCUT2D eigenvalue weighted by Crippen LogP contribution is -2.25. The van der Waals surface area contributed by atoms with E-state index in [-0.39, 0.29) is 13.2 Å². The number of ether oxygens (including phenoxy) is 2. The first kappa shape index (κ1) is 25.8. The molecule has 0 atom stereocenters. The van der Waals surface area contributed by atoms with Gasteiger partial charge in [0.05, 0.1) is 12.4 Å². The zero-order chi connectivity index (χ0) is 26.4. The van der Waals surface area contributed by atoms with Gasteiger partial charge in [0.2, 0.25) is 0 Å². The highest BCUT2D eigenvalue weighted by Crippen LogP contribution is 2.23. The Hall–Kier alpha value is -5.24. The molecule has 2 N–H and O–H groups in total. The minimum Gasteiger partial charge on any atom is -0.484 e. The van der Waals surface area contributed by atoms with E-state index in [9.17, 15) is 9.59 Å². The molecule has 0 saturated heterocycles. The van der Waals surface area contributed by atoms with E-state index in [1.54, 1.807) is 24.3 Å². The highest BCUT2D eigenvalue weighted by Gasteiger charge is 2.04. The number of hydrazone groups is 2. The Kier molecular flexibility index (Phi) is 9.35. The highest BCUT2D eigenvalue weighted by atomic mass is 16.5. The summed E-state index contributed by atoms with van der Waals surface area (Å²) in [5.74, 6) is 0.278. The molecule has 0 saturated carbocycles. The van der Waals surface area contributed by atoms with Crippen molar-refractivity contribution in [2.24, 2.45) is 10.2 Å². The molecule has 0 aliphatic heterocycles. The van der Waals surface area contributed by atoms with Gasteiger partial charge in [-0.2, -0.15) is 10.2 Å². The van der Waals surface area contributed by atoms with Crippen molar-refractivity contribution in [2.45, 2.75) is 0 Å². The molecule has 8 heteroatoms. The van der Waals surface area contributed by atoms with E-state index < -0.39 is 11.8 Å². The molecular formula is C30H26N4O4. The second-order valence-corrected chi connectivity index (χ2v) is 7.98. The summed E-state index contributed by atoms with van der Waals surface area (Å²) in [6.45, 7) is -0.390. The minimum atomic E-state index is -0.433. The standard InChI is InChI=1S/C30H26N4O4/c35-29(21-37-27-15-11-25(12-16-27)23-7-3-1-4-8-23)33-31-19-20-32-34-30(36)22-38-28-17-13-26(14-18-28)24-9-5-2-6-10-24/h1-20H,21-22H2,(H,33,35)(H,34,36). The lowest BCUT2D eigenvalue weighted by atomic mass is 10.1. The SMILES string of the molecule is O=C(COc1ccc(-c2ccccc2)cc1)NN=CC=NNC(=O)COc1ccc(-c2ccccc2)cc1. The summed E-state index contributed by atoms with van der Waals surface area (Å²) < 4.78 is 10.9. The van der Waals surface area contributed by atoms with Crippen molar-refractivity contribution in [1.82, 2.24) is 10.9 Å². The lowest BCUT2D eigenvalue weighted by molar-refractivity contribution is -0.123. The van der Waals surface area contributed by atoms with Crippen LogP contribution in [-0.2, 0) is 9.59 Å². The zero-order valence-corrected chi connectivity index (χ0v) is 20.5. The molecule has 4 aromatic rings. The zero-order valence-electron chi connectivity index (χ0n) is 20.5. The molecule has 0 bridgehead atoms. The van der Waals surface area contributed by atoms with E-state index in [4.69, 9.17) is 9.47 Å². The number of carbonyl (C=O) groups excluding carboxylic acids is 2. The van der Waals surface area contributed by atoms with Crippen LogP contribution in [0.1, 0.15) is 0 Å². The monoisotopic (exact) mass is 506 g/mol. The number of hydrogen-bond acceptors (Lipinski definition) is 6. The van der Waals surface area contributed by atoms with Crippen LogP contribution in [-0.4, -0.2) is 37.5 Å². The molecule has 190 valence electrons. The smallest absolute Gasteiger partial charge is 0.277 e. The van der Waals surface area contributed by atoms with Crippen LogP contribution in [0, 0.1) is 0 Å². The first-order valence-corrected chi connectivity index (χ1v) is 11.9. The second kappa shape index (κ2) is 13.7. The number of hydrogen-bond donors (Lipinski definition) is 2. The summed E-state index contributed by atoms with van der Waals surface area (Å²) in [5.41, 5.74) is 8.96. The maximum absolute atomic E-state index is 11.9. The number of rotatable bonds is 11. The van der Waals surface area contributed by atoms with Crippen LogP contribution in [0.25, 0.3) is 22.3 Å². The van der Waals surface area contributed by atoms with Gasteiger partial charge in [0.25, 0.3) is 11.8 Å². The molecule has 0 spiro atoms. The Bertz CT molecular complexity index is 1260. The largest absolute Gasteiger partial charge is 0.484 e. The van der Waals surface area contributed by atoms with Crippen molar-refractivity contribution in [3.63, 3.8) is 0 Å². The third kappa shape index (κ3) is 8.17. The van der Waals surface area contributed by atoms with Crippen LogP contribution < -0.4 is 20.3 Å². The van der Waals surface area contributed by atoms with Gasteiger partial charge in [-0.25, -0.2) is 10.9 Å². The van der Waals surface area contributed by atoms with E-state index in [1.807, 2.05) is 84.9 Å². The van der Waals surface area contributed by atoms with Crippen LogP contribution in [0.4, 0.5) is 0 Å². The van der Waals surface area contributed by atoms with Crippen molar-refractivity contribution in [3.05, 3.63) is 109 Å². The van der Waals surface area contributed by atoms with Gasteiger partial charge in [-0.3, -0.25) is 9.59 Å². The Morgan fingerprint density at radius 3 is 1.24 bits per heavy atom. The van der Waals surface area contributed by atoms with Gasteiger partial charge >= 0.3 is 0 Å². The van der Waals surface area contributed by atoms with E-state index in [1.165, 1.54) is 12.4 Å². The summed E-state index contributed by atoms with van der Waals surface area (Å²) in [6, 6.07) is 34.9. The molecule has 0 fully saturated rings. The molecule has 2 amide bonds. The Balaban J connectivity index is 1.10. The van der Waals surface area contributed by atoms with E-state index in [2.05, 4.69) is 21.1 Å². The number of carbonyl (C=O) groups is 2. The number of benzene rings is 4. The Morgan fingerprint density at radius 2 is 0.868 bits per heavy atom. The van der Waals surface area contributed by atoms with Crippen molar-refractivity contribution >= 4 is 24.2 Å². The maximum atomic E-state index is 11.9. The van der Waals surface area contributed by atoms with Crippen LogP contribution in [0.2, 0.25) is 0 Å². The average Bonchev–Trinajstić information content (AvgIpc) is 2.98. The first-order valence-electron chi connectivity index (χ1n) is 11.9. The van der Waals surface area contributed by atoms with Crippen LogP contribution in [0.15, 0.2) is 119 Å². The Morgan fingerprint density at radius 1 is 0.526 bits per heavy atom. The third-order valence-electron chi connectivity index (χ3n) is 5.26. The van der Waals surface area contributed by atoms with E-state index in [0.717, 1.165) is 22.3 Å². The van der Waals surface area contributed by atoms with Gasteiger partial charge in [-0.1, -0.05) is 84.9 Å².